The number of aliphatic hydroxyl groups excluding tert-OH is 5. The van der Waals surface area contributed by atoms with E-state index in [0.29, 0.717) is 0 Å². The van der Waals surface area contributed by atoms with Crippen LogP contribution >= 0.6 is 0 Å². The molecule has 0 radical (unpaired) electrons. The van der Waals surface area contributed by atoms with Crippen LogP contribution in [0.5, 0.6) is 0 Å². The molecule has 0 spiro atoms. The number of carbonyl (C=O) groups excluding carboxylic acids is 2. The summed E-state index contributed by atoms with van der Waals surface area (Å²) >= 11 is 0. The fraction of sp³-hybridized carbons (Fsp3) is 0.917. The molecule has 2 fully saturated rings. The molecule has 2 saturated heterocycles. The van der Waals surface area contributed by atoms with Crippen molar-refractivity contribution >= 4 is 11.8 Å². The van der Waals surface area contributed by atoms with E-state index in [1.165, 1.54) is 6.92 Å². The third-order valence-corrected chi connectivity index (χ3v) is 5.97. The van der Waals surface area contributed by atoms with Crippen molar-refractivity contribution in [3.63, 3.8) is 0 Å². The highest BCUT2D eigenvalue weighted by molar-refractivity contribution is 5.94. The van der Waals surface area contributed by atoms with Gasteiger partial charge in [0.1, 0.15) is 54.9 Å². The SMILES string of the molecule is CC(=O)CC(=O)OC1C(O)C(COC2OC(COC(C)(C)C)C(O)C(O)C2O)OC(C(C)(C)C)C1O. The van der Waals surface area contributed by atoms with E-state index in [9.17, 15) is 35.1 Å². The summed E-state index contributed by atoms with van der Waals surface area (Å²) < 4.78 is 28.0. The van der Waals surface area contributed by atoms with Gasteiger partial charge in [-0.15, -0.1) is 0 Å². The van der Waals surface area contributed by atoms with Crippen molar-refractivity contribution < 1.29 is 58.8 Å². The van der Waals surface area contributed by atoms with Crippen molar-refractivity contribution in [3.8, 4) is 0 Å². The van der Waals surface area contributed by atoms with Crippen molar-refractivity contribution in [3.05, 3.63) is 0 Å². The number of ether oxygens (including phenoxy) is 5. The van der Waals surface area contributed by atoms with Crippen molar-refractivity contribution in [1.29, 1.82) is 0 Å². The number of aliphatic hydroxyl groups is 5. The topological polar surface area (TPSA) is 181 Å². The Morgan fingerprint density at radius 1 is 0.778 bits per heavy atom. The highest BCUT2D eigenvalue weighted by Gasteiger charge is 2.51. The number of ketones is 1. The molecule has 2 aliphatic heterocycles. The second kappa shape index (κ2) is 12.1. The minimum atomic E-state index is -1.61. The van der Waals surface area contributed by atoms with Crippen LogP contribution in [0.2, 0.25) is 0 Å². The van der Waals surface area contributed by atoms with Gasteiger partial charge in [-0.1, -0.05) is 20.8 Å². The number of carbonyl (C=O) groups is 2. The number of rotatable bonds is 8. The molecule has 36 heavy (non-hydrogen) atoms. The Labute approximate surface area is 211 Å². The number of Topliss-reactive ketones (excluding diaryl/α,β-unsaturated/α-hetero) is 1. The van der Waals surface area contributed by atoms with Crippen molar-refractivity contribution in [2.45, 2.75) is 122 Å². The number of hydrogen-bond donors (Lipinski definition) is 5. The lowest BCUT2D eigenvalue weighted by Crippen LogP contribution is -2.64. The van der Waals surface area contributed by atoms with Crippen LogP contribution in [0.15, 0.2) is 0 Å². The molecule has 2 rings (SSSR count). The summed E-state index contributed by atoms with van der Waals surface area (Å²) in [5, 5.41) is 52.6. The Bertz CT molecular complexity index is 744. The van der Waals surface area contributed by atoms with Crippen molar-refractivity contribution in [1.82, 2.24) is 0 Å². The van der Waals surface area contributed by atoms with Gasteiger partial charge in [-0.05, 0) is 33.1 Å². The molecule has 0 aromatic heterocycles. The van der Waals surface area contributed by atoms with Gasteiger partial charge in [0.2, 0.25) is 0 Å². The van der Waals surface area contributed by atoms with Gasteiger partial charge in [-0.3, -0.25) is 9.59 Å². The molecule has 2 heterocycles. The predicted octanol–water partition coefficient (Wildman–Crippen LogP) is -0.948. The minimum Gasteiger partial charge on any atom is -0.456 e. The molecule has 0 bridgehead atoms. The zero-order chi connectivity index (χ0) is 27.6. The summed E-state index contributed by atoms with van der Waals surface area (Å²) in [4.78, 5) is 23.4. The molecule has 2 aliphatic rings. The normalized spacial score (nSPS) is 38.0. The number of esters is 1. The summed E-state index contributed by atoms with van der Waals surface area (Å²) in [6.07, 6.45) is -13.9. The molecule has 0 amide bonds. The summed E-state index contributed by atoms with van der Waals surface area (Å²) in [6, 6.07) is 0. The molecule has 12 heteroatoms. The second-order valence-electron chi connectivity index (χ2n) is 11.5. The molecule has 10 unspecified atom stereocenters. The van der Waals surface area contributed by atoms with Gasteiger partial charge in [0.05, 0.1) is 24.9 Å². The lowest BCUT2D eigenvalue weighted by Gasteiger charge is -2.47. The maximum absolute atomic E-state index is 12.1. The third kappa shape index (κ3) is 8.14. The summed E-state index contributed by atoms with van der Waals surface area (Å²) in [7, 11) is 0. The van der Waals surface area contributed by atoms with Gasteiger partial charge in [0.25, 0.3) is 0 Å². The van der Waals surface area contributed by atoms with Crippen LogP contribution in [-0.2, 0) is 33.3 Å². The average molecular weight is 523 g/mol. The van der Waals surface area contributed by atoms with Gasteiger partial charge in [-0.2, -0.15) is 0 Å². The molecule has 0 aliphatic carbocycles. The molecule has 0 saturated carbocycles. The Morgan fingerprint density at radius 2 is 1.36 bits per heavy atom. The Hall–Kier alpha value is -1.22. The van der Waals surface area contributed by atoms with E-state index < -0.39 is 90.4 Å². The third-order valence-electron chi connectivity index (χ3n) is 5.97. The fourth-order valence-corrected chi connectivity index (χ4v) is 4.04. The van der Waals surface area contributed by atoms with E-state index in [-0.39, 0.29) is 13.2 Å². The zero-order valence-electron chi connectivity index (χ0n) is 22.0. The lowest BCUT2D eigenvalue weighted by molar-refractivity contribution is -0.320. The number of hydrogen-bond acceptors (Lipinski definition) is 12. The highest BCUT2D eigenvalue weighted by Crippen LogP contribution is 2.35. The van der Waals surface area contributed by atoms with Crippen LogP contribution in [0.25, 0.3) is 0 Å². The molecule has 12 nitrogen and oxygen atoms in total. The maximum Gasteiger partial charge on any atom is 0.313 e. The van der Waals surface area contributed by atoms with Gasteiger partial charge in [0, 0.05) is 0 Å². The summed E-state index contributed by atoms with van der Waals surface area (Å²) in [5.41, 5.74) is -1.18. The first-order valence-electron chi connectivity index (χ1n) is 12.1. The van der Waals surface area contributed by atoms with Crippen molar-refractivity contribution in [2.75, 3.05) is 13.2 Å². The first kappa shape index (κ1) is 31.0. The smallest absolute Gasteiger partial charge is 0.313 e. The van der Waals surface area contributed by atoms with E-state index in [1.54, 1.807) is 20.8 Å². The van der Waals surface area contributed by atoms with Crippen LogP contribution in [0.1, 0.15) is 54.9 Å². The average Bonchev–Trinajstić information content (AvgIpc) is 2.72. The van der Waals surface area contributed by atoms with Crippen LogP contribution in [0.4, 0.5) is 0 Å². The summed E-state index contributed by atoms with van der Waals surface area (Å²) in [5.74, 6) is -1.33. The molecule has 0 aromatic rings. The largest absolute Gasteiger partial charge is 0.456 e. The van der Waals surface area contributed by atoms with E-state index in [4.69, 9.17) is 23.7 Å². The summed E-state index contributed by atoms with van der Waals surface area (Å²) in [6.45, 7) is 11.5. The Morgan fingerprint density at radius 3 is 1.89 bits per heavy atom. The highest BCUT2D eigenvalue weighted by atomic mass is 16.7. The maximum atomic E-state index is 12.1. The molecular formula is C24H42O12. The van der Waals surface area contributed by atoms with Crippen LogP contribution in [0, 0.1) is 5.41 Å². The van der Waals surface area contributed by atoms with Crippen LogP contribution in [0.3, 0.4) is 0 Å². The zero-order valence-corrected chi connectivity index (χ0v) is 22.0. The Balaban J connectivity index is 2.14. The van der Waals surface area contributed by atoms with Crippen LogP contribution in [-0.4, -0.2) is 117 Å². The van der Waals surface area contributed by atoms with E-state index in [1.807, 2.05) is 20.8 Å². The van der Waals surface area contributed by atoms with E-state index >= 15 is 0 Å². The van der Waals surface area contributed by atoms with Gasteiger partial charge >= 0.3 is 5.97 Å². The predicted molar refractivity (Wildman–Crippen MR) is 124 cm³/mol. The lowest BCUT2D eigenvalue weighted by atomic mass is 9.80. The second-order valence-corrected chi connectivity index (χ2v) is 11.5. The fourth-order valence-electron chi connectivity index (χ4n) is 4.04. The molecule has 210 valence electrons. The standard InChI is InChI=1S/C24H42O12/c1-11(25)8-14(26)36-20-16(28)12(34-21(19(20)31)23(2,3)4)9-32-22-18(30)17(29)15(27)13(35-22)10-33-24(5,6)7/h12-13,15-22,27-31H,8-10H2,1-7H3. The molecule has 0 aromatic carbocycles. The van der Waals surface area contributed by atoms with Gasteiger partial charge in [0.15, 0.2) is 12.4 Å². The quantitative estimate of drug-likeness (QED) is 0.195. The first-order valence-corrected chi connectivity index (χ1v) is 12.1. The van der Waals surface area contributed by atoms with Gasteiger partial charge < -0.3 is 49.2 Å². The van der Waals surface area contributed by atoms with E-state index in [2.05, 4.69) is 0 Å². The first-order chi connectivity index (χ1) is 16.4. The molecular weight excluding hydrogens is 480 g/mol. The minimum absolute atomic E-state index is 0.0800. The van der Waals surface area contributed by atoms with Crippen molar-refractivity contribution in [2.24, 2.45) is 5.41 Å². The van der Waals surface area contributed by atoms with E-state index in [0.717, 1.165) is 0 Å². The van der Waals surface area contributed by atoms with Crippen LogP contribution < -0.4 is 0 Å². The molecule has 5 N–H and O–H groups in total. The monoisotopic (exact) mass is 522 g/mol. The Kier molecular flexibility index (Phi) is 10.4. The van der Waals surface area contributed by atoms with Gasteiger partial charge in [-0.25, -0.2) is 0 Å². The molecule has 10 atom stereocenters.